The fourth-order valence-corrected chi connectivity index (χ4v) is 2.70. The zero-order chi connectivity index (χ0) is 18.1. The number of amides is 2. The number of nitrogens with zero attached hydrogens (tertiary/aromatic N) is 1. The summed E-state index contributed by atoms with van der Waals surface area (Å²) in [5.41, 5.74) is 1.06. The fraction of sp³-hybridized carbons (Fsp3) is 0.158. The van der Waals surface area contributed by atoms with E-state index < -0.39 is 5.91 Å². The van der Waals surface area contributed by atoms with Crippen LogP contribution in [0.4, 0.5) is 11.4 Å². The van der Waals surface area contributed by atoms with Gasteiger partial charge in [-0.3, -0.25) is 14.4 Å². The lowest BCUT2D eigenvalue weighted by Crippen LogP contribution is -2.19. The van der Waals surface area contributed by atoms with Crippen molar-refractivity contribution in [2.75, 3.05) is 10.6 Å². The van der Waals surface area contributed by atoms with Gasteiger partial charge < -0.3 is 10.6 Å². The summed E-state index contributed by atoms with van der Waals surface area (Å²) in [5.74, 6) is -0.258. The Bertz CT molecular complexity index is 1050. The van der Waals surface area contributed by atoms with Crippen molar-refractivity contribution in [3.8, 4) is 0 Å². The van der Waals surface area contributed by atoms with Crippen molar-refractivity contribution in [2.45, 2.75) is 12.8 Å². The first kappa shape index (κ1) is 16.0. The summed E-state index contributed by atoms with van der Waals surface area (Å²) in [6, 6.07) is 13.7. The van der Waals surface area contributed by atoms with Crippen molar-refractivity contribution in [1.29, 1.82) is 0 Å². The van der Waals surface area contributed by atoms with Crippen molar-refractivity contribution >= 4 is 34.0 Å². The Morgan fingerprint density at radius 2 is 1.54 bits per heavy atom. The first-order valence-corrected chi connectivity index (χ1v) is 8.31. The minimum Gasteiger partial charge on any atom is -0.326 e. The fourth-order valence-electron chi connectivity index (χ4n) is 2.70. The quantitative estimate of drug-likeness (QED) is 0.674. The van der Waals surface area contributed by atoms with Crippen LogP contribution >= 0.6 is 0 Å². The van der Waals surface area contributed by atoms with Crippen LogP contribution in [0, 0.1) is 5.92 Å². The highest BCUT2D eigenvalue weighted by atomic mass is 16.2. The number of benzene rings is 2. The highest BCUT2D eigenvalue weighted by Gasteiger charge is 2.29. The molecule has 3 N–H and O–H groups in total. The van der Waals surface area contributed by atoms with E-state index in [9.17, 15) is 14.4 Å². The van der Waals surface area contributed by atoms with Gasteiger partial charge in [-0.05, 0) is 43.2 Å². The lowest BCUT2D eigenvalue weighted by molar-refractivity contribution is -0.117. The van der Waals surface area contributed by atoms with E-state index in [0.717, 1.165) is 12.8 Å². The molecule has 1 aromatic heterocycles. The standard InChI is InChI=1S/C19H16N4O3/c24-17(11-5-6-11)20-12-7-9-13(10-8-12)21-19(26)16-14-3-1-2-4-15(14)18(25)23-22-16/h1-4,7-11H,5-6H2,(H,20,24)(H,21,26)(H,23,25). The first-order valence-electron chi connectivity index (χ1n) is 8.31. The van der Waals surface area contributed by atoms with Gasteiger partial charge in [0.15, 0.2) is 5.69 Å². The van der Waals surface area contributed by atoms with Gasteiger partial charge in [-0.2, -0.15) is 5.10 Å². The van der Waals surface area contributed by atoms with E-state index in [0.29, 0.717) is 22.1 Å². The summed E-state index contributed by atoms with van der Waals surface area (Å²) in [6.07, 6.45) is 1.89. The SMILES string of the molecule is O=C(Nc1ccc(NC(=O)C2CC2)cc1)c1n[nH]c(=O)c2ccccc12. The third kappa shape index (κ3) is 3.19. The Morgan fingerprint density at radius 3 is 2.19 bits per heavy atom. The second-order valence-corrected chi connectivity index (χ2v) is 6.24. The number of fused-ring (bicyclic) bond motifs is 1. The minimum absolute atomic E-state index is 0.0331. The van der Waals surface area contributed by atoms with Crippen LogP contribution in [0.25, 0.3) is 10.8 Å². The van der Waals surface area contributed by atoms with Crippen LogP contribution in [0.1, 0.15) is 23.3 Å². The minimum atomic E-state index is -0.424. The largest absolute Gasteiger partial charge is 0.326 e. The van der Waals surface area contributed by atoms with Gasteiger partial charge in [-0.25, -0.2) is 5.10 Å². The van der Waals surface area contributed by atoms with E-state index in [-0.39, 0.29) is 23.1 Å². The number of aromatic amines is 1. The predicted octanol–water partition coefficient (Wildman–Crippen LogP) is 2.52. The molecule has 0 saturated heterocycles. The van der Waals surface area contributed by atoms with Crippen LogP contribution in [-0.4, -0.2) is 22.0 Å². The normalized spacial score (nSPS) is 13.4. The second-order valence-electron chi connectivity index (χ2n) is 6.24. The predicted molar refractivity (Wildman–Crippen MR) is 98.1 cm³/mol. The zero-order valence-electron chi connectivity index (χ0n) is 13.8. The molecule has 7 heteroatoms. The number of carbonyl (C=O) groups excluding carboxylic acids is 2. The number of H-pyrrole nitrogens is 1. The second kappa shape index (κ2) is 6.44. The van der Waals surface area contributed by atoms with Crippen LogP contribution in [0.5, 0.6) is 0 Å². The summed E-state index contributed by atoms with van der Waals surface area (Å²) in [4.78, 5) is 36.1. The van der Waals surface area contributed by atoms with Crippen LogP contribution in [0.15, 0.2) is 53.3 Å². The summed E-state index contributed by atoms with van der Waals surface area (Å²) in [7, 11) is 0. The molecule has 2 aromatic carbocycles. The van der Waals surface area contributed by atoms with Crippen LogP contribution in [-0.2, 0) is 4.79 Å². The Labute approximate surface area is 148 Å². The highest BCUT2D eigenvalue weighted by Crippen LogP contribution is 2.30. The molecule has 3 aromatic rings. The maximum atomic E-state index is 12.5. The van der Waals surface area contributed by atoms with Gasteiger partial charge in [-0.1, -0.05) is 18.2 Å². The Balaban J connectivity index is 1.52. The molecular formula is C19H16N4O3. The van der Waals surface area contributed by atoms with E-state index in [4.69, 9.17) is 0 Å². The number of rotatable bonds is 4. The Kier molecular flexibility index (Phi) is 3.96. The Morgan fingerprint density at radius 1 is 0.923 bits per heavy atom. The molecular weight excluding hydrogens is 332 g/mol. The molecule has 7 nitrogen and oxygen atoms in total. The molecule has 0 atom stereocenters. The highest BCUT2D eigenvalue weighted by molar-refractivity contribution is 6.11. The zero-order valence-corrected chi connectivity index (χ0v) is 13.8. The summed E-state index contributed by atoms with van der Waals surface area (Å²) in [5, 5.41) is 12.7. The lowest BCUT2D eigenvalue weighted by atomic mass is 10.1. The molecule has 1 aliphatic carbocycles. The lowest BCUT2D eigenvalue weighted by Gasteiger charge is -2.08. The van der Waals surface area contributed by atoms with Gasteiger partial charge in [0.1, 0.15) is 0 Å². The van der Waals surface area contributed by atoms with Crippen molar-refractivity contribution in [1.82, 2.24) is 10.2 Å². The summed E-state index contributed by atoms with van der Waals surface area (Å²) in [6.45, 7) is 0. The summed E-state index contributed by atoms with van der Waals surface area (Å²) < 4.78 is 0. The molecule has 4 rings (SSSR count). The molecule has 130 valence electrons. The van der Waals surface area contributed by atoms with Crippen LogP contribution in [0.2, 0.25) is 0 Å². The molecule has 1 heterocycles. The van der Waals surface area contributed by atoms with E-state index in [1.165, 1.54) is 0 Å². The average Bonchev–Trinajstić information content (AvgIpc) is 3.49. The average molecular weight is 348 g/mol. The molecule has 2 amide bonds. The molecule has 1 aliphatic rings. The third-order valence-corrected chi connectivity index (χ3v) is 4.27. The van der Waals surface area contributed by atoms with E-state index in [1.54, 1.807) is 48.5 Å². The van der Waals surface area contributed by atoms with Gasteiger partial charge >= 0.3 is 0 Å². The molecule has 0 unspecified atom stereocenters. The van der Waals surface area contributed by atoms with Crippen LogP contribution in [0.3, 0.4) is 0 Å². The van der Waals surface area contributed by atoms with Gasteiger partial charge in [0.05, 0.1) is 5.39 Å². The van der Waals surface area contributed by atoms with Gasteiger partial charge in [0.2, 0.25) is 5.91 Å². The number of carbonyl (C=O) groups is 2. The number of hydrogen-bond donors (Lipinski definition) is 3. The van der Waals surface area contributed by atoms with Gasteiger partial charge in [-0.15, -0.1) is 0 Å². The molecule has 0 aliphatic heterocycles. The van der Waals surface area contributed by atoms with Crippen LogP contribution < -0.4 is 16.2 Å². The van der Waals surface area contributed by atoms with Crippen molar-refractivity contribution in [3.05, 3.63) is 64.6 Å². The topological polar surface area (TPSA) is 104 Å². The van der Waals surface area contributed by atoms with Gasteiger partial charge in [0, 0.05) is 22.7 Å². The van der Waals surface area contributed by atoms with Gasteiger partial charge in [0.25, 0.3) is 11.5 Å². The Hall–Kier alpha value is -3.48. The monoisotopic (exact) mass is 348 g/mol. The van der Waals surface area contributed by atoms with E-state index >= 15 is 0 Å². The number of anilines is 2. The van der Waals surface area contributed by atoms with E-state index in [1.807, 2.05) is 0 Å². The smallest absolute Gasteiger partial charge is 0.276 e. The summed E-state index contributed by atoms with van der Waals surface area (Å²) >= 11 is 0. The molecule has 0 bridgehead atoms. The third-order valence-electron chi connectivity index (χ3n) is 4.27. The molecule has 26 heavy (non-hydrogen) atoms. The van der Waals surface area contributed by atoms with E-state index in [2.05, 4.69) is 20.8 Å². The molecule has 0 radical (unpaired) electrons. The van der Waals surface area contributed by atoms with Crippen molar-refractivity contribution < 1.29 is 9.59 Å². The molecule has 1 fully saturated rings. The molecule has 1 saturated carbocycles. The maximum Gasteiger partial charge on any atom is 0.276 e. The number of hydrogen-bond acceptors (Lipinski definition) is 4. The number of nitrogens with one attached hydrogen (secondary N) is 3. The van der Waals surface area contributed by atoms with Crippen molar-refractivity contribution in [3.63, 3.8) is 0 Å². The maximum absolute atomic E-state index is 12.5. The number of aromatic nitrogens is 2. The van der Waals surface area contributed by atoms with Crippen molar-refractivity contribution in [2.24, 2.45) is 5.92 Å². The molecule has 0 spiro atoms. The first-order chi connectivity index (χ1) is 12.6.